The van der Waals surface area contributed by atoms with Gasteiger partial charge in [0.2, 0.25) is 0 Å². The van der Waals surface area contributed by atoms with E-state index in [9.17, 15) is 9.90 Å². The second-order valence-corrected chi connectivity index (χ2v) is 15.1. The van der Waals surface area contributed by atoms with Crippen molar-refractivity contribution >= 4 is 38.1 Å². The van der Waals surface area contributed by atoms with Crippen LogP contribution in [-0.4, -0.2) is 20.9 Å². The summed E-state index contributed by atoms with van der Waals surface area (Å²) < 4.78 is 1.31. The molecule has 1 radical (unpaired) electrons. The van der Waals surface area contributed by atoms with Crippen molar-refractivity contribution in [2.24, 2.45) is 17.8 Å². The molecule has 0 aliphatic heterocycles. The first-order chi connectivity index (χ1) is 22.9. The summed E-state index contributed by atoms with van der Waals surface area (Å²) in [5.41, 5.74) is 7.87. The van der Waals surface area contributed by atoms with Crippen molar-refractivity contribution in [1.82, 2.24) is 9.97 Å². The Bertz CT molecular complexity index is 1860. The molecule has 0 amide bonds. The molecular formula is C43H53IrN2O2S-. The van der Waals surface area contributed by atoms with E-state index in [1.165, 1.54) is 27.3 Å². The van der Waals surface area contributed by atoms with E-state index in [0.29, 0.717) is 5.92 Å². The monoisotopic (exact) mass is 854 g/mol. The summed E-state index contributed by atoms with van der Waals surface area (Å²) in [6, 6.07) is 23.0. The average Bonchev–Trinajstić information content (AvgIpc) is 3.54. The molecule has 1 N–H and O–H groups in total. The number of nitrogens with zero attached hydrogens (tertiary/aromatic N) is 2. The zero-order chi connectivity index (χ0) is 35.0. The summed E-state index contributed by atoms with van der Waals surface area (Å²) >= 11 is 1.78. The molecule has 3 heterocycles. The Hall–Kier alpha value is -3.18. The van der Waals surface area contributed by atoms with Crippen LogP contribution in [-0.2, 0) is 36.7 Å². The van der Waals surface area contributed by atoms with Gasteiger partial charge in [-0.15, -0.1) is 40.5 Å². The minimum Gasteiger partial charge on any atom is -0.512 e. The molecule has 0 aliphatic rings. The number of carbonyl (C=O) groups is 1. The van der Waals surface area contributed by atoms with E-state index in [4.69, 9.17) is 9.97 Å². The summed E-state index contributed by atoms with van der Waals surface area (Å²) in [5, 5.41) is 14.3. The Balaban J connectivity index is 0.000000347. The number of aliphatic hydroxyl groups excluding tert-OH is 1. The van der Waals surface area contributed by atoms with E-state index in [1.807, 2.05) is 33.9 Å². The maximum Gasteiger partial charge on any atom is 0.162 e. The second-order valence-electron chi connectivity index (χ2n) is 14.2. The number of thiophene rings is 1. The van der Waals surface area contributed by atoms with Crippen LogP contribution in [0.3, 0.4) is 0 Å². The molecule has 0 spiro atoms. The van der Waals surface area contributed by atoms with Gasteiger partial charge in [-0.1, -0.05) is 97.5 Å². The number of hydrogen-bond donors (Lipinski definition) is 1. The van der Waals surface area contributed by atoms with Crippen LogP contribution < -0.4 is 0 Å². The van der Waals surface area contributed by atoms with E-state index in [-0.39, 0.29) is 48.9 Å². The molecule has 0 saturated heterocycles. The third-order valence-electron chi connectivity index (χ3n) is 9.11. The van der Waals surface area contributed by atoms with Gasteiger partial charge >= 0.3 is 0 Å². The maximum absolute atomic E-state index is 11.7. The van der Waals surface area contributed by atoms with Crippen molar-refractivity contribution < 1.29 is 30.0 Å². The summed E-state index contributed by atoms with van der Waals surface area (Å²) in [6.07, 6.45) is 7.85. The summed E-state index contributed by atoms with van der Waals surface area (Å²) in [6.45, 7) is 19.4. The number of pyridine rings is 2. The molecule has 0 bridgehead atoms. The molecule has 263 valence electrons. The van der Waals surface area contributed by atoms with Crippen LogP contribution in [0.5, 0.6) is 0 Å². The fraction of sp³-hybridized carbons (Fsp3) is 0.419. The first kappa shape index (κ1) is 40.3. The number of ketones is 1. The fourth-order valence-electron chi connectivity index (χ4n) is 6.27. The van der Waals surface area contributed by atoms with Crippen molar-refractivity contribution in [3.63, 3.8) is 0 Å². The van der Waals surface area contributed by atoms with Crippen LogP contribution in [0.1, 0.15) is 99.1 Å². The summed E-state index contributed by atoms with van der Waals surface area (Å²) in [7, 11) is 0. The Morgan fingerprint density at radius 2 is 1.59 bits per heavy atom. The van der Waals surface area contributed by atoms with Gasteiger partial charge in [0, 0.05) is 49.9 Å². The van der Waals surface area contributed by atoms with Gasteiger partial charge in [-0.2, -0.15) is 0 Å². The van der Waals surface area contributed by atoms with E-state index < -0.39 is 0 Å². The average molecular weight is 854 g/mol. The van der Waals surface area contributed by atoms with Crippen LogP contribution in [0, 0.1) is 23.8 Å². The van der Waals surface area contributed by atoms with Gasteiger partial charge < -0.3 is 5.11 Å². The third kappa shape index (κ3) is 10.2. The third-order valence-corrected chi connectivity index (χ3v) is 10.1. The number of allylic oxidation sites excluding steroid dienone is 2. The molecule has 49 heavy (non-hydrogen) atoms. The zero-order valence-electron chi connectivity index (χ0n) is 30.7. The summed E-state index contributed by atoms with van der Waals surface area (Å²) in [4.78, 5) is 21.4. The second kappa shape index (κ2) is 18.2. The predicted molar refractivity (Wildman–Crippen MR) is 206 cm³/mol. The first-order valence-corrected chi connectivity index (χ1v) is 18.5. The van der Waals surface area contributed by atoms with E-state index in [0.717, 1.165) is 65.5 Å². The van der Waals surface area contributed by atoms with Gasteiger partial charge in [-0.25, -0.2) is 4.98 Å². The largest absolute Gasteiger partial charge is 0.512 e. The Morgan fingerprint density at radius 1 is 0.918 bits per heavy atom. The molecule has 2 aromatic carbocycles. The number of benzene rings is 2. The Morgan fingerprint density at radius 3 is 2.22 bits per heavy atom. The molecule has 0 saturated carbocycles. The van der Waals surface area contributed by atoms with Gasteiger partial charge in [0.05, 0.1) is 21.7 Å². The molecule has 4 nitrogen and oxygen atoms in total. The SMILES string of the molecule is CC(C)Cc1cc(-c2ccnc(-c3[c-]c4ccccc4c(C(C)(C)C)c3)c2)nc2ccsc12.CCC(CC)C(=O)/C=C(\O)C(CC)CC.[Ir]. The van der Waals surface area contributed by atoms with Gasteiger partial charge in [0.25, 0.3) is 0 Å². The van der Waals surface area contributed by atoms with Crippen molar-refractivity contribution in [2.75, 3.05) is 0 Å². The molecule has 0 fully saturated rings. The molecule has 0 unspecified atom stereocenters. The normalized spacial score (nSPS) is 12.0. The van der Waals surface area contributed by atoms with Crippen LogP contribution in [0.15, 0.2) is 78.0 Å². The van der Waals surface area contributed by atoms with Gasteiger partial charge in [-0.05, 0) is 78.1 Å². The smallest absolute Gasteiger partial charge is 0.162 e. The van der Waals surface area contributed by atoms with Crippen molar-refractivity contribution in [3.05, 3.63) is 95.2 Å². The minimum atomic E-state index is 0. The van der Waals surface area contributed by atoms with Gasteiger partial charge in [0.1, 0.15) is 0 Å². The maximum atomic E-state index is 11.7. The van der Waals surface area contributed by atoms with E-state index in [1.54, 1.807) is 11.3 Å². The number of fused-ring (bicyclic) bond motifs is 2. The Kier molecular flexibility index (Phi) is 14.9. The first-order valence-electron chi connectivity index (χ1n) is 17.6. The molecular weight excluding hydrogens is 801 g/mol. The summed E-state index contributed by atoms with van der Waals surface area (Å²) in [5.74, 6) is 1.15. The predicted octanol–water partition coefficient (Wildman–Crippen LogP) is 12.3. The van der Waals surface area contributed by atoms with Crippen molar-refractivity contribution in [3.8, 4) is 22.5 Å². The molecule has 5 aromatic rings. The van der Waals surface area contributed by atoms with Crippen LogP contribution >= 0.6 is 11.3 Å². The number of hydrogen-bond acceptors (Lipinski definition) is 5. The molecule has 6 heteroatoms. The number of carbonyl (C=O) groups excluding carboxylic acids is 1. The van der Waals surface area contributed by atoms with E-state index >= 15 is 0 Å². The number of aromatic nitrogens is 2. The van der Waals surface area contributed by atoms with Gasteiger partial charge in [-0.3, -0.25) is 9.78 Å². The van der Waals surface area contributed by atoms with Crippen LogP contribution in [0.2, 0.25) is 0 Å². The molecule has 5 rings (SSSR count). The molecule has 0 atom stereocenters. The molecule has 3 aromatic heterocycles. The Labute approximate surface area is 311 Å². The van der Waals surface area contributed by atoms with Crippen molar-refractivity contribution in [1.29, 1.82) is 0 Å². The standard InChI is InChI=1S/C30H29N2S.C13H24O2.Ir/c1-19(2)14-23-18-28(32-26-11-13-33-29(23)26)21-10-12-31-27(17-21)22-15-20-8-6-7-9-24(20)25(16-22)30(3,4)5;1-5-10(6-2)12(14)9-13(15)11(7-3)8-4;/h6-13,16-19H,14H2,1-5H3;9-11,14H,5-8H2,1-4H3;/q-1;;/b;12-9-;. The van der Waals surface area contributed by atoms with E-state index in [2.05, 4.69) is 101 Å². The van der Waals surface area contributed by atoms with Crippen LogP contribution in [0.4, 0.5) is 0 Å². The quantitative estimate of drug-likeness (QED) is 0.0817. The van der Waals surface area contributed by atoms with Crippen molar-refractivity contribution in [2.45, 2.75) is 99.8 Å². The number of aliphatic hydroxyl groups is 1. The minimum absolute atomic E-state index is 0. The number of rotatable bonds is 11. The topological polar surface area (TPSA) is 63.1 Å². The van der Waals surface area contributed by atoms with Crippen LogP contribution in [0.25, 0.3) is 43.5 Å². The fourth-order valence-corrected chi connectivity index (χ4v) is 7.13. The van der Waals surface area contributed by atoms with Gasteiger partial charge in [0.15, 0.2) is 5.78 Å². The molecule has 0 aliphatic carbocycles. The zero-order valence-corrected chi connectivity index (χ0v) is 33.9.